The second-order valence-corrected chi connectivity index (χ2v) is 11.4. The second kappa shape index (κ2) is 12.5. The Morgan fingerprint density at radius 3 is 2.33 bits per heavy atom. The number of pyridine rings is 2. The summed E-state index contributed by atoms with van der Waals surface area (Å²) in [5, 5.41) is 12.0. The number of aryl methyl sites for hydroxylation is 1. The fraction of sp³-hybridized carbons (Fsp3) is 0.312. The first kappa shape index (κ1) is 34.3. The molecule has 0 unspecified atom stereocenters. The first-order chi connectivity index (χ1) is 22.4. The zero-order chi connectivity index (χ0) is 35.3. The van der Waals surface area contributed by atoms with Crippen LogP contribution in [0.15, 0.2) is 53.5 Å². The minimum atomic E-state index is -4.91. The standard InChI is InChI=1S/C32H26F8N4O4/c1-15-11-20(31(35,36)37)25(29(46)43(15)2)19-8-7-16(18-5-3-9-41-27(18)19)12-23(30(47)48)42-28(45)26-21(33)13-17(14-22(26)34)44-10-4-6-24(44)32(38,39)40/h3,5,7-9,11,13-14,23-24H,4,6,10,12H2,1-2H3,(H,42,45)(H,47,48)/t23-,24+/m1/s1. The molecule has 0 aliphatic carbocycles. The number of alkyl halides is 6. The number of amides is 1. The highest BCUT2D eigenvalue weighted by atomic mass is 19.4. The van der Waals surface area contributed by atoms with E-state index in [1.807, 2.05) is 5.32 Å². The normalized spacial score (nSPS) is 16.0. The molecule has 0 radical (unpaired) electrons. The Balaban J connectivity index is 1.49. The number of carboxylic acid groups (broad SMARTS) is 1. The van der Waals surface area contributed by atoms with Crippen molar-refractivity contribution >= 4 is 28.5 Å². The van der Waals surface area contributed by atoms with Crippen molar-refractivity contribution in [1.29, 1.82) is 0 Å². The number of aliphatic carboxylic acids is 1. The number of rotatable bonds is 7. The summed E-state index contributed by atoms with van der Waals surface area (Å²) in [7, 11) is 1.30. The van der Waals surface area contributed by atoms with E-state index in [1.54, 1.807) is 0 Å². The van der Waals surface area contributed by atoms with Gasteiger partial charge in [-0.3, -0.25) is 14.6 Å². The number of fused-ring (bicyclic) bond motifs is 1. The third-order valence-corrected chi connectivity index (χ3v) is 8.35. The van der Waals surface area contributed by atoms with Gasteiger partial charge in [0.25, 0.3) is 11.5 Å². The Morgan fingerprint density at radius 1 is 1.06 bits per heavy atom. The van der Waals surface area contributed by atoms with Crippen LogP contribution in [0.2, 0.25) is 0 Å². The molecule has 48 heavy (non-hydrogen) atoms. The van der Waals surface area contributed by atoms with Crippen molar-refractivity contribution in [2.24, 2.45) is 7.05 Å². The van der Waals surface area contributed by atoms with Crippen molar-refractivity contribution in [1.82, 2.24) is 14.9 Å². The van der Waals surface area contributed by atoms with Crippen LogP contribution in [-0.4, -0.2) is 51.3 Å². The molecule has 2 aromatic heterocycles. The van der Waals surface area contributed by atoms with Gasteiger partial charge in [0.2, 0.25) is 0 Å². The van der Waals surface area contributed by atoms with E-state index in [2.05, 4.69) is 4.98 Å². The van der Waals surface area contributed by atoms with Crippen LogP contribution in [-0.2, 0) is 24.4 Å². The number of carbonyl (C=O) groups excluding carboxylic acids is 1. The van der Waals surface area contributed by atoms with Crippen LogP contribution < -0.4 is 15.8 Å². The summed E-state index contributed by atoms with van der Waals surface area (Å²) in [4.78, 5) is 43.2. The van der Waals surface area contributed by atoms with Gasteiger partial charge in [0.1, 0.15) is 29.3 Å². The first-order valence-electron chi connectivity index (χ1n) is 14.4. The van der Waals surface area contributed by atoms with Gasteiger partial charge in [-0.1, -0.05) is 18.2 Å². The molecule has 2 aromatic carbocycles. The highest BCUT2D eigenvalue weighted by Gasteiger charge is 2.46. The molecule has 3 heterocycles. The van der Waals surface area contributed by atoms with Gasteiger partial charge in [0.05, 0.1) is 16.6 Å². The number of hydrogen-bond acceptors (Lipinski definition) is 5. The summed E-state index contributed by atoms with van der Waals surface area (Å²) in [5.74, 6) is -6.18. The molecule has 2 N–H and O–H groups in total. The van der Waals surface area contributed by atoms with Gasteiger partial charge in [-0.15, -0.1) is 0 Å². The molecule has 0 bridgehead atoms. The molecular weight excluding hydrogens is 656 g/mol. The largest absolute Gasteiger partial charge is 0.480 e. The summed E-state index contributed by atoms with van der Waals surface area (Å²) < 4.78 is 114. The molecule has 0 saturated carbocycles. The van der Waals surface area contributed by atoms with Gasteiger partial charge >= 0.3 is 18.3 Å². The second-order valence-electron chi connectivity index (χ2n) is 11.4. The van der Waals surface area contributed by atoms with E-state index in [4.69, 9.17) is 0 Å². The monoisotopic (exact) mass is 682 g/mol. The molecule has 1 saturated heterocycles. The average Bonchev–Trinajstić information content (AvgIpc) is 3.50. The lowest BCUT2D eigenvalue weighted by molar-refractivity contribution is -0.146. The molecule has 1 fully saturated rings. The lowest BCUT2D eigenvalue weighted by Gasteiger charge is -2.28. The fourth-order valence-electron chi connectivity index (χ4n) is 5.93. The van der Waals surface area contributed by atoms with Crippen molar-refractivity contribution in [2.45, 2.75) is 50.6 Å². The van der Waals surface area contributed by atoms with Crippen LogP contribution in [0, 0.1) is 18.6 Å². The van der Waals surface area contributed by atoms with E-state index in [0.717, 1.165) is 21.6 Å². The predicted molar refractivity (Wildman–Crippen MR) is 158 cm³/mol. The van der Waals surface area contributed by atoms with E-state index >= 15 is 8.78 Å². The Labute approximate surface area is 266 Å². The summed E-state index contributed by atoms with van der Waals surface area (Å²) in [6, 6.07) is 3.40. The van der Waals surface area contributed by atoms with E-state index in [1.165, 1.54) is 38.4 Å². The van der Waals surface area contributed by atoms with Gasteiger partial charge < -0.3 is 19.9 Å². The molecule has 5 rings (SSSR count). The van der Waals surface area contributed by atoms with Gasteiger partial charge in [-0.2, -0.15) is 26.3 Å². The number of carboxylic acids is 1. The number of anilines is 1. The van der Waals surface area contributed by atoms with Crippen LogP contribution in [0.3, 0.4) is 0 Å². The molecule has 0 spiro atoms. The molecule has 8 nitrogen and oxygen atoms in total. The van der Waals surface area contributed by atoms with Crippen molar-refractivity contribution in [3.63, 3.8) is 0 Å². The quantitative estimate of drug-likeness (QED) is 0.226. The lowest BCUT2D eigenvalue weighted by Crippen LogP contribution is -2.43. The molecule has 1 aliphatic rings. The zero-order valence-electron chi connectivity index (χ0n) is 25.1. The molecule has 4 aromatic rings. The third kappa shape index (κ3) is 6.42. The van der Waals surface area contributed by atoms with Crippen molar-refractivity contribution in [3.05, 3.63) is 93.0 Å². The number of aromatic nitrogens is 2. The lowest BCUT2D eigenvalue weighted by atomic mass is 9.93. The highest BCUT2D eigenvalue weighted by Crippen LogP contribution is 2.39. The summed E-state index contributed by atoms with van der Waals surface area (Å²) in [6.45, 7) is 1.20. The Bertz CT molecular complexity index is 1970. The molecule has 1 aliphatic heterocycles. The summed E-state index contributed by atoms with van der Waals surface area (Å²) in [5.41, 5.74) is -4.56. The number of nitrogens with one attached hydrogen (secondary N) is 1. The fourth-order valence-corrected chi connectivity index (χ4v) is 5.93. The van der Waals surface area contributed by atoms with E-state index in [0.29, 0.717) is 12.1 Å². The maximum Gasteiger partial charge on any atom is 0.417 e. The number of hydrogen-bond donors (Lipinski definition) is 2. The maximum absolute atomic E-state index is 15.1. The smallest absolute Gasteiger partial charge is 0.417 e. The minimum Gasteiger partial charge on any atom is -0.480 e. The van der Waals surface area contributed by atoms with Gasteiger partial charge in [-0.25, -0.2) is 13.6 Å². The molecule has 254 valence electrons. The van der Waals surface area contributed by atoms with Crippen molar-refractivity contribution < 1.29 is 49.8 Å². The predicted octanol–water partition coefficient (Wildman–Crippen LogP) is 6.16. The third-order valence-electron chi connectivity index (χ3n) is 8.35. The topological polar surface area (TPSA) is 105 Å². The van der Waals surface area contributed by atoms with Gasteiger partial charge in [0, 0.05) is 48.5 Å². The number of carbonyl (C=O) groups is 2. The molecule has 16 heteroatoms. The van der Waals surface area contributed by atoms with Crippen LogP contribution in [0.25, 0.3) is 22.0 Å². The van der Waals surface area contributed by atoms with Crippen LogP contribution in [0.1, 0.15) is 40.0 Å². The Morgan fingerprint density at radius 2 is 1.73 bits per heavy atom. The zero-order valence-corrected chi connectivity index (χ0v) is 25.1. The van der Waals surface area contributed by atoms with Crippen LogP contribution >= 0.6 is 0 Å². The first-order valence-corrected chi connectivity index (χ1v) is 14.4. The van der Waals surface area contributed by atoms with Gasteiger partial charge in [0.15, 0.2) is 0 Å². The molecule has 1 amide bonds. The van der Waals surface area contributed by atoms with Crippen molar-refractivity contribution in [3.8, 4) is 11.1 Å². The Kier molecular flexibility index (Phi) is 8.97. The molecule has 2 atom stereocenters. The number of benzene rings is 2. The number of halogens is 8. The Hall–Kier alpha value is -5.02. The van der Waals surface area contributed by atoms with E-state index in [9.17, 15) is 45.8 Å². The minimum absolute atomic E-state index is 0.0501. The van der Waals surface area contributed by atoms with E-state index in [-0.39, 0.29) is 47.1 Å². The summed E-state index contributed by atoms with van der Waals surface area (Å²) >= 11 is 0. The number of nitrogens with zero attached hydrogens (tertiary/aromatic N) is 3. The van der Waals surface area contributed by atoms with Gasteiger partial charge in [-0.05, 0) is 49.6 Å². The van der Waals surface area contributed by atoms with Crippen molar-refractivity contribution in [2.75, 3.05) is 11.4 Å². The highest BCUT2D eigenvalue weighted by molar-refractivity contribution is 5.99. The van der Waals surface area contributed by atoms with Crippen LogP contribution in [0.5, 0.6) is 0 Å². The summed E-state index contributed by atoms with van der Waals surface area (Å²) in [6.07, 6.45) is -9.03. The van der Waals surface area contributed by atoms with E-state index < -0.39 is 82.3 Å². The SMILES string of the molecule is Cc1cc(C(F)(F)F)c(-c2ccc(C[C@@H](NC(=O)c3c(F)cc(N4CCC[C@H]4C(F)(F)F)cc3F)C(=O)O)c3cccnc23)c(=O)n1C. The average molecular weight is 683 g/mol. The van der Waals surface area contributed by atoms with Crippen LogP contribution in [0.4, 0.5) is 40.8 Å². The molecular formula is C32H26F8N4O4. The maximum atomic E-state index is 15.1.